The van der Waals surface area contributed by atoms with Crippen molar-refractivity contribution in [3.63, 3.8) is 0 Å². The van der Waals surface area contributed by atoms with Crippen LogP contribution in [-0.2, 0) is 0 Å². The molecule has 0 aliphatic carbocycles. The molecular formula is C7H3IN2O2S. The number of thiocarbonyl (C=S) groups is 1. The standard InChI is InChI=1S/C7H3IN2O2S/c8-6-3-5(10(11)12)1-2-7(6)9-4-13/h1-3H. The number of nitro benzene ring substituents is 1. The summed E-state index contributed by atoms with van der Waals surface area (Å²) in [7, 11) is 0. The topological polar surface area (TPSA) is 55.5 Å². The van der Waals surface area contributed by atoms with E-state index in [1.54, 1.807) is 6.07 Å². The highest BCUT2D eigenvalue weighted by atomic mass is 127. The largest absolute Gasteiger partial charge is 0.270 e. The average Bonchev–Trinajstić information content (AvgIpc) is 2.08. The van der Waals surface area contributed by atoms with E-state index >= 15 is 0 Å². The lowest BCUT2D eigenvalue weighted by molar-refractivity contribution is -0.384. The summed E-state index contributed by atoms with van der Waals surface area (Å²) < 4.78 is 0.684. The fraction of sp³-hybridized carbons (Fsp3) is 0. The Kier molecular flexibility index (Phi) is 3.47. The zero-order valence-electron chi connectivity index (χ0n) is 6.23. The van der Waals surface area contributed by atoms with Crippen molar-refractivity contribution in [2.24, 2.45) is 4.99 Å². The summed E-state index contributed by atoms with van der Waals surface area (Å²) in [5.41, 5.74) is 0.647. The minimum Gasteiger partial charge on any atom is -0.258 e. The molecule has 0 saturated heterocycles. The van der Waals surface area contributed by atoms with Gasteiger partial charge in [0.1, 0.15) is 0 Å². The maximum Gasteiger partial charge on any atom is 0.270 e. The van der Waals surface area contributed by atoms with Crippen molar-refractivity contribution in [2.75, 3.05) is 0 Å². The van der Waals surface area contributed by atoms with Gasteiger partial charge in [0.25, 0.3) is 5.69 Å². The number of nitrogens with zero attached hydrogens (tertiary/aromatic N) is 2. The van der Waals surface area contributed by atoms with Crippen molar-refractivity contribution in [1.82, 2.24) is 0 Å². The normalized spacial score (nSPS) is 9.00. The van der Waals surface area contributed by atoms with Crippen molar-refractivity contribution in [3.8, 4) is 0 Å². The zero-order chi connectivity index (χ0) is 9.84. The highest BCUT2D eigenvalue weighted by Gasteiger charge is 2.07. The van der Waals surface area contributed by atoms with Crippen LogP contribution in [0.5, 0.6) is 0 Å². The molecule has 0 aromatic heterocycles. The molecule has 0 spiro atoms. The van der Waals surface area contributed by atoms with Gasteiger partial charge in [-0.2, -0.15) is 4.99 Å². The maximum atomic E-state index is 10.4. The van der Waals surface area contributed by atoms with Gasteiger partial charge < -0.3 is 0 Å². The van der Waals surface area contributed by atoms with E-state index in [0.717, 1.165) is 0 Å². The van der Waals surface area contributed by atoms with Gasteiger partial charge in [-0.1, -0.05) is 0 Å². The molecule has 0 aliphatic heterocycles. The fourth-order valence-electron chi connectivity index (χ4n) is 0.749. The Labute approximate surface area is 93.0 Å². The fourth-order valence-corrected chi connectivity index (χ4v) is 1.47. The molecule has 0 unspecified atom stereocenters. The van der Waals surface area contributed by atoms with E-state index in [1.807, 2.05) is 22.6 Å². The summed E-state index contributed by atoms with van der Waals surface area (Å²) in [6, 6.07) is 4.36. The molecule has 0 fully saturated rings. The zero-order valence-corrected chi connectivity index (χ0v) is 9.20. The van der Waals surface area contributed by atoms with Gasteiger partial charge in [0.15, 0.2) is 0 Å². The third-order valence-electron chi connectivity index (χ3n) is 1.31. The lowest BCUT2D eigenvalue weighted by Crippen LogP contribution is -1.87. The van der Waals surface area contributed by atoms with Crippen LogP contribution in [0.1, 0.15) is 0 Å². The molecule has 0 amide bonds. The first-order valence-electron chi connectivity index (χ1n) is 3.17. The van der Waals surface area contributed by atoms with Gasteiger partial charge in [0.05, 0.1) is 15.8 Å². The number of rotatable bonds is 2. The summed E-state index contributed by atoms with van der Waals surface area (Å²) in [5.74, 6) is 0. The Balaban J connectivity index is 3.19. The van der Waals surface area contributed by atoms with Gasteiger partial charge in [0.2, 0.25) is 0 Å². The Morgan fingerprint density at radius 1 is 1.62 bits per heavy atom. The molecule has 13 heavy (non-hydrogen) atoms. The van der Waals surface area contributed by atoms with Crippen LogP contribution in [0.2, 0.25) is 0 Å². The van der Waals surface area contributed by atoms with Gasteiger partial charge >= 0.3 is 0 Å². The van der Waals surface area contributed by atoms with Gasteiger partial charge in [-0.15, -0.1) is 0 Å². The summed E-state index contributed by atoms with van der Waals surface area (Å²) in [5, 5.41) is 12.6. The highest BCUT2D eigenvalue weighted by molar-refractivity contribution is 14.1. The summed E-state index contributed by atoms with van der Waals surface area (Å²) in [6.45, 7) is 0. The smallest absolute Gasteiger partial charge is 0.258 e. The third-order valence-corrected chi connectivity index (χ3v) is 2.26. The second-order valence-corrected chi connectivity index (χ2v) is 3.44. The van der Waals surface area contributed by atoms with Crippen LogP contribution in [0.15, 0.2) is 23.2 Å². The molecule has 1 aromatic carbocycles. The lowest BCUT2D eigenvalue weighted by Gasteiger charge is -1.95. The number of hydrogen-bond acceptors (Lipinski definition) is 4. The predicted molar refractivity (Wildman–Crippen MR) is 60.5 cm³/mol. The lowest BCUT2D eigenvalue weighted by atomic mass is 10.3. The van der Waals surface area contributed by atoms with E-state index in [2.05, 4.69) is 22.4 Å². The molecule has 0 heterocycles. The van der Waals surface area contributed by atoms with Crippen molar-refractivity contribution in [3.05, 3.63) is 31.9 Å². The number of aliphatic imine (C=N–C) groups is 1. The summed E-state index contributed by atoms with van der Waals surface area (Å²) in [4.78, 5) is 13.6. The van der Waals surface area contributed by atoms with E-state index in [1.165, 1.54) is 12.1 Å². The van der Waals surface area contributed by atoms with Crippen molar-refractivity contribution in [2.45, 2.75) is 0 Å². The van der Waals surface area contributed by atoms with Crippen LogP contribution in [0.4, 0.5) is 11.4 Å². The molecule has 0 bridgehead atoms. The van der Waals surface area contributed by atoms with E-state index in [9.17, 15) is 10.1 Å². The SMILES string of the molecule is O=[N+]([O-])c1ccc(N=C=S)c(I)c1. The van der Waals surface area contributed by atoms with Gasteiger partial charge in [-0.3, -0.25) is 10.1 Å². The summed E-state index contributed by atoms with van der Waals surface area (Å²) >= 11 is 6.38. The van der Waals surface area contributed by atoms with Gasteiger partial charge in [-0.05, 0) is 40.9 Å². The minimum absolute atomic E-state index is 0.0488. The van der Waals surface area contributed by atoms with Crippen molar-refractivity contribution >= 4 is 51.3 Å². The molecule has 66 valence electrons. The third kappa shape index (κ3) is 2.55. The van der Waals surface area contributed by atoms with Crippen LogP contribution in [-0.4, -0.2) is 10.1 Å². The van der Waals surface area contributed by atoms with Crippen LogP contribution in [0, 0.1) is 13.7 Å². The molecule has 0 atom stereocenters. The first-order chi connectivity index (χ1) is 6.15. The Morgan fingerprint density at radius 2 is 2.31 bits per heavy atom. The number of hydrogen-bond donors (Lipinski definition) is 0. The van der Waals surface area contributed by atoms with Crippen LogP contribution in [0.25, 0.3) is 0 Å². The second kappa shape index (κ2) is 4.40. The Morgan fingerprint density at radius 3 is 2.77 bits per heavy atom. The molecule has 0 N–H and O–H groups in total. The second-order valence-electron chi connectivity index (χ2n) is 2.10. The van der Waals surface area contributed by atoms with Gasteiger partial charge in [-0.25, -0.2) is 0 Å². The number of non-ortho nitro benzene ring substituents is 1. The quantitative estimate of drug-likeness (QED) is 0.277. The first kappa shape index (κ1) is 10.2. The molecule has 0 radical (unpaired) electrons. The first-order valence-corrected chi connectivity index (χ1v) is 4.65. The van der Waals surface area contributed by atoms with E-state index in [-0.39, 0.29) is 5.69 Å². The Bertz CT molecular complexity index is 401. The predicted octanol–water partition coefficient (Wildman–Crippen LogP) is 2.93. The van der Waals surface area contributed by atoms with Crippen LogP contribution < -0.4 is 0 Å². The molecule has 6 heteroatoms. The molecule has 1 aromatic rings. The summed E-state index contributed by atoms with van der Waals surface area (Å²) in [6.07, 6.45) is 0. The maximum absolute atomic E-state index is 10.4. The van der Waals surface area contributed by atoms with E-state index in [0.29, 0.717) is 9.26 Å². The van der Waals surface area contributed by atoms with Gasteiger partial charge in [0, 0.05) is 15.7 Å². The van der Waals surface area contributed by atoms with Crippen LogP contribution >= 0.6 is 34.8 Å². The van der Waals surface area contributed by atoms with E-state index < -0.39 is 4.92 Å². The van der Waals surface area contributed by atoms with Crippen LogP contribution in [0.3, 0.4) is 0 Å². The highest BCUT2D eigenvalue weighted by Crippen LogP contribution is 2.25. The van der Waals surface area contributed by atoms with E-state index in [4.69, 9.17) is 0 Å². The average molecular weight is 306 g/mol. The van der Waals surface area contributed by atoms with Crippen molar-refractivity contribution < 1.29 is 4.92 Å². The number of nitro groups is 1. The molecule has 1 rings (SSSR count). The molecule has 0 aliphatic rings. The Hall–Kier alpha value is -0.850. The number of isothiocyanates is 1. The number of halogens is 1. The minimum atomic E-state index is -0.451. The molecule has 0 saturated carbocycles. The van der Waals surface area contributed by atoms with Crippen molar-refractivity contribution in [1.29, 1.82) is 0 Å². The molecular weight excluding hydrogens is 303 g/mol. The number of benzene rings is 1. The monoisotopic (exact) mass is 306 g/mol. The molecule has 4 nitrogen and oxygen atoms in total.